The molecule has 0 spiro atoms. The Hall–Kier alpha value is -2.41. The molecule has 2 heterocycles. The van der Waals surface area contributed by atoms with Gasteiger partial charge in [0.25, 0.3) is 0 Å². The van der Waals surface area contributed by atoms with Crippen LogP contribution in [0.3, 0.4) is 0 Å². The number of hydrogen-bond acceptors (Lipinski definition) is 4. The molecule has 0 saturated carbocycles. The highest BCUT2D eigenvalue weighted by molar-refractivity contribution is 9.10. The van der Waals surface area contributed by atoms with E-state index in [2.05, 4.69) is 26.2 Å². The second-order valence-corrected chi connectivity index (χ2v) is 6.85. The van der Waals surface area contributed by atoms with Crippen molar-refractivity contribution in [3.63, 3.8) is 0 Å². The van der Waals surface area contributed by atoms with Crippen LogP contribution < -0.4 is 15.0 Å². The average Bonchev–Trinajstić information content (AvgIpc) is 2.98. The van der Waals surface area contributed by atoms with Gasteiger partial charge in [0.05, 0.1) is 18.7 Å². The summed E-state index contributed by atoms with van der Waals surface area (Å²) in [6, 6.07) is 9.16. The maximum Gasteiger partial charge on any atom is 0.230 e. The highest BCUT2D eigenvalue weighted by Crippen LogP contribution is 2.34. The predicted octanol–water partition coefficient (Wildman–Crippen LogP) is 3.15. The largest absolute Gasteiger partial charge is 0.495 e. The van der Waals surface area contributed by atoms with Gasteiger partial charge in [0.1, 0.15) is 11.6 Å². The van der Waals surface area contributed by atoms with E-state index in [1.54, 1.807) is 30.3 Å². The van der Waals surface area contributed by atoms with Crippen molar-refractivity contribution >= 4 is 39.2 Å². The predicted molar refractivity (Wildman–Crippen MR) is 98.8 cm³/mol. The van der Waals surface area contributed by atoms with Crippen molar-refractivity contribution in [2.24, 2.45) is 5.92 Å². The molecule has 130 valence electrons. The monoisotopic (exact) mass is 403 g/mol. The third-order valence-corrected chi connectivity index (χ3v) is 4.57. The topological polar surface area (TPSA) is 71.5 Å². The van der Waals surface area contributed by atoms with Gasteiger partial charge in [-0.05, 0) is 52.7 Å². The van der Waals surface area contributed by atoms with Gasteiger partial charge in [0.15, 0.2) is 0 Å². The van der Waals surface area contributed by atoms with Gasteiger partial charge in [-0.1, -0.05) is 6.07 Å². The fourth-order valence-electron chi connectivity index (χ4n) is 2.81. The molecule has 7 heteroatoms. The number of ether oxygens (including phenoxy) is 1. The van der Waals surface area contributed by atoms with Crippen molar-refractivity contribution in [3.05, 3.63) is 46.6 Å². The van der Waals surface area contributed by atoms with E-state index in [9.17, 15) is 9.59 Å². The van der Waals surface area contributed by atoms with Gasteiger partial charge in [-0.25, -0.2) is 4.98 Å². The van der Waals surface area contributed by atoms with Crippen LogP contribution in [0.2, 0.25) is 0 Å². The normalized spacial score (nSPS) is 16.8. The standard InChI is InChI=1S/C18H18BrN3O3/c1-11-3-5-15(25-2)14(7-11)22-10-12(8-17(22)23)18(24)21-16-6-4-13(19)9-20-16/h3-7,9,12H,8,10H2,1-2H3,(H,20,21,24). The number of anilines is 2. The lowest BCUT2D eigenvalue weighted by Crippen LogP contribution is -2.28. The summed E-state index contributed by atoms with van der Waals surface area (Å²) in [4.78, 5) is 30.6. The molecule has 3 rings (SSSR count). The Bertz CT molecular complexity index is 808. The van der Waals surface area contributed by atoms with E-state index in [0.717, 1.165) is 10.0 Å². The molecule has 1 unspecified atom stereocenters. The van der Waals surface area contributed by atoms with E-state index in [1.807, 2.05) is 25.1 Å². The first-order chi connectivity index (χ1) is 12.0. The maximum absolute atomic E-state index is 12.5. The first kappa shape index (κ1) is 17.4. The van der Waals surface area contributed by atoms with Crippen LogP contribution in [0.15, 0.2) is 41.0 Å². The zero-order valence-corrected chi connectivity index (χ0v) is 15.5. The second-order valence-electron chi connectivity index (χ2n) is 5.93. The number of aromatic nitrogens is 1. The van der Waals surface area contributed by atoms with E-state index in [1.165, 1.54) is 0 Å². The minimum atomic E-state index is -0.428. The van der Waals surface area contributed by atoms with E-state index < -0.39 is 5.92 Å². The Morgan fingerprint density at radius 1 is 1.36 bits per heavy atom. The Kier molecular flexibility index (Phi) is 5.03. The number of halogens is 1. The van der Waals surface area contributed by atoms with Crippen LogP contribution in [0.5, 0.6) is 5.75 Å². The van der Waals surface area contributed by atoms with Gasteiger partial charge in [0.2, 0.25) is 11.8 Å². The maximum atomic E-state index is 12.5. The highest BCUT2D eigenvalue weighted by atomic mass is 79.9. The number of nitrogens with zero attached hydrogens (tertiary/aromatic N) is 2. The van der Waals surface area contributed by atoms with Gasteiger partial charge >= 0.3 is 0 Å². The van der Waals surface area contributed by atoms with Crippen LogP contribution in [0.25, 0.3) is 0 Å². The molecule has 6 nitrogen and oxygen atoms in total. The van der Waals surface area contributed by atoms with Crippen molar-refractivity contribution < 1.29 is 14.3 Å². The van der Waals surface area contributed by atoms with Crippen LogP contribution in [0.4, 0.5) is 11.5 Å². The molecule has 0 aliphatic carbocycles. The number of amides is 2. The molecule has 1 fully saturated rings. The molecule has 1 aliphatic heterocycles. The number of methoxy groups -OCH3 is 1. The zero-order valence-electron chi connectivity index (χ0n) is 14.0. The zero-order chi connectivity index (χ0) is 18.0. The van der Waals surface area contributed by atoms with Gasteiger partial charge in [-0.15, -0.1) is 0 Å². The summed E-state index contributed by atoms with van der Waals surface area (Å²) in [5.41, 5.74) is 1.72. The Labute approximate surface area is 154 Å². The van der Waals surface area contributed by atoms with Gasteiger partial charge < -0.3 is 15.0 Å². The highest BCUT2D eigenvalue weighted by Gasteiger charge is 2.36. The van der Waals surface area contributed by atoms with E-state index >= 15 is 0 Å². The van der Waals surface area contributed by atoms with E-state index in [0.29, 0.717) is 23.8 Å². The van der Waals surface area contributed by atoms with Crippen molar-refractivity contribution in [1.29, 1.82) is 0 Å². The number of hydrogen-bond donors (Lipinski definition) is 1. The number of carbonyl (C=O) groups excluding carboxylic acids is 2. The minimum Gasteiger partial charge on any atom is -0.495 e. The lowest BCUT2D eigenvalue weighted by molar-refractivity contribution is -0.122. The lowest BCUT2D eigenvalue weighted by Gasteiger charge is -2.20. The molecule has 2 aromatic rings. The molecule has 25 heavy (non-hydrogen) atoms. The molecule has 1 N–H and O–H groups in total. The van der Waals surface area contributed by atoms with Crippen LogP contribution in [-0.2, 0) is 9.59 Å². The Balaban J connectivity index is 1.75. The molecule has 0 bridgehead atoms. The van der Waals surface area contributed by atoms with Crippen molar-refractivity contribution in [2.45, 2.75) is 13.3 Å². The number of aryl methyl sites for hydroxylation is 1. The molecule has 1 aromatic heterocycles. The molecule has 1 aliphatic rings. The molecule has 1 aromatic carbocycles. The quantitative estimate of drug-likeness (QED) is 0.850. The third kappa shape index (κ3) is 3.82. The summed E-state index contributed by atoms with van der Waals surface area (Å²) in [6.45, 7) is 2.27. The second kappa shape index (κ2) is 7.23. The first-order valence-electron chi connectivity index (χ1n) is 7.85. The smallest absolute Gasteiger partial charge is 0.230 e. The molecule has 2 amide bonds. The van der Waals surface area contributed by atoms with Gasteiger partial charge in [-0.3, -0.25) is 9.59 Å². The fraction of sp³-hybridized carbons (Fsp3) is 0.278. The number of pyridine rings is 1. The van der Waals surface area contributed by atoms with Crippen molar-refractivity contribution in [1.82, 2.24) is 4.98 Å². The number of benzene rings is 1. The molecule has 1 atom stereocenters. The van der Waals surface area contributed by atoms with Crippen LogP contribution in [0.1, 0.15) is 12.0 Å². The average molecular weight is 404 g/mol. The number of carbonyl (C=O) groups is 2. The number of nitrogens with one attached hydrogen (secondary N) is 1. The van der Waals surface area contributed by atoms with Crippen molar-refractivity contribution in [3.8, 4) is 5.75 Å². The number of rotatable bonds is 4. The molecule has 1 saturated heterocycles. The summed E-state index contributed by atoms with van der Waals surface area (Å²) < 4.78 is 6.19. The van der Waals surface area contributed by atoms with Gasteiger partial charge in [0, 0.05) is 23.6 Å². The molecular weight excluding hydrogens is 386 g/mol. The third-order valence-electron chi connectivity index (χ3n) is 4.10. The Morgan fingerprint density at radius 3 is 2.84 bits per heavy atom. The van der Waals surface area contributed by atoms with Gasteiger partial charge in [-0.2, -0.15) is 0 Å². The summed E-state index contributed by atoms with van der Waals surface area (Å²) in [6.07, 6.45) is 1.78. The minimum absolute atomic E-state index is 0.0900. The van der Waals surface area contributed by atoms with Crippen LogP contribution in [0, 0.1) is 12.8 Å². The summed E-state index contributed by atoms with van der Waals surface area (Å²) in [5, 5.41) is 2.76. The van der Waals surface area contributed by atoms with Crippen LogP contribution in [-0.4, -0.2) is 30.5 Å². The lowest BCUT2D eigenvalue weighted by atomic mass is 10.1. The first-order valence-corrected chi connectivity index (χ1v) is 8.64. The van der Waals surface area contributed by atoms with E-state index in [4.69, 9.17) is 4.74 Å². The van der Waals surface area contributed by atoms with E-state index in [-0.39, 0.29) is 18.2 Å². The fourth-order valence-corrected chi connectivity index (χ4v) is 3.04. The summed E-state index contributed by atoms with van der Waals surface area (Å²) in [5.74, 6) is 0.357. The molecular formula is C18H18BrN3O3. The van der Waals surface area contributed by atoms with Crippen molar-refractivity contribution in [2.75, 3.05) is 23.9 Å². The summed E-state index contributed by atoms with van der Waals surface area (Å²) >= 11 is 3.30. The van der Waals surface area contributed by atoms with Crippen LogP contribution >= 0.6 is 15.9 Å². The SMILES string of the molecule is COc1ccc(C)cc1N1CC(C(=O)Nc2ccc(Br)cn2)CC1=O. The Morgan fingerprint density at radius 2 is 2.16 bits per heavy atom. The molecule has 0 radical (unpaired) electrons. The summed E-state index contributed by atoms with van der Waals surface area (Å²) in [7, 11) is 1.57.